The summed E-state index contributed by atoms with van der Waals surface area (Å²) in [6.07, 6.45) is 6.19. The van der Waals surface area contributed by atoms with E-state index in [0.29, 0.717) is 10.8 Å². The van der Waals surface area contributed by atoms with E-state index in [1.54, 1.807) is 24.3 Å². The van der Waals surface area contributed by atoms with Gasteiger partial charge in [0.25, 0.3) is 0 Å². The minimum Gasteiger partial charge on any atom is -0.493 e. The molecule has 0 radical (unpaired) electrons. The van der Waals surface area contributed by atoms with Gasteiger partial charge in [-0.2, -0.15) is 0 Å². The van der Waals surface area contributed by atoms with E-state index in [1.807, 2.05) is 0 Å². The maximum absolute atomic E-state index is 11.5. The topological polar surface area (TPSA) is 58.6 Å². The summed E-state index contributed by atoms with van der Waals surface area (Å²) >= 11 is 0. The second kappa shape index (κ2) is 10.7. The van der Waals surface area contributed by atoms with E-state index in [0.717, 1.165) is 31.5 Å². The molecule has 0 aromatic heterocycles. The number of rotatable bonds is 5. The lowest BCUT2D eigenvalue weighted by molar-refractivity contribution is 0.106. The van der Waals surface area contributed by atoms with Crippen LogP contribution in [0.2, 0.25) is 0 Å². The maximum Gasteiger partial charge on any atom is 0.175 e. The summed E-state index contributed by atoms with van der Waals surface area (Å²) in [7, 11) is -3.14. The number of ether oxygens (including phenoxy) is 1. The standard InChI is InChI=1S/C18H28N2O3S.2ClH/c1-24(21,22)18-8-6-17(7-9-18)23-14-15-2-4-16(5-3-15)20-12-10-19-11-13-20;;/h6-9,15-16,19H,2-5,10-14H2,1H3;2*1H/t15-,16-;;. The first kappa shape index (κ1) is 23.5. The Bertz CT molecular complexity index is 626. The lowest BCUT2D eigenvalue weighted by Crippen LogP contribution is -2.49. The molecule has 3 rings (SSSR count). The van der Waals surface area contributed by atoms with Crippen molar-refractivity contribution in [2.24, 2.45) is 5.92 Å². The van der Waals surface area contributed by atoms with Gasteiger partial charge in [-0.05, 0) is 55.9 Å². The number of hydrogen-bond donors (Lipinski definition) is 1. The SMILES string of the molecule is CS(=O)(=O)c1ccc(OC[C@H]2CC[C@H](N3CCNCC3)CC2)cc1.Cl.Cl. The van der Waals surface area contributed by atoms with Crippen molar-refractivity contribution >= 4 is 34.7 Å². The zero-order valence-electron chi connectivity index (χ0n) is 15.2. The van der Waals surface area contributed by atoms with Crippen LogP contribution in [-0.2, 0) is 9.84 Å². The third kappa shape index (κ3) is 6.57. The summed E-state index contributed by atoms with van der Waals surface area (Å²) in [5.74, 6) is 1.37. The maximum atomic E-state index is 11.5. The van der Waals surface area contributed by atoms with Crippen molar-refractivity contribution in [1.29, 1.82) is 0 Å². The Labute approximate surface area is 169 Å². The van der Waals surface area contributed by atoms with Gasteiger partial charge in [-0.25, -0.2) is 8.42 Å². The van der Waals surface area contributed by atoms with Gasteiger partial charge in [0.2, 0.25) is 0 Å². The van der Waals surface area contributed by atoms with Crippen LogP contribution in [0.5, 0.6) is 5.75 Å². The number of nitrogens with zero attached hydrogens (tertiary/aromatic N) is 1. The van der Waals surface area contributed by atoms with Crippen molar-refractivity contribution in [3.05, 3.63) is 24.3 Å². The van der Waals surface area contributed by atoms with Crippen LogP contribution in [0.4, 0.5) is 0 Å². The molecule has 1 aromatic rings. The van der Waals surface area contributed by atoms with Crippen molar-refractivity contribution in [2.75, 3.05) is 39.0 Å². The number of sulfone groups is 1. The largest absolute Gasteiger partial charge is 0.493 e. The molecule has 8 heteroatoms. The second-order valence-corrected chi connectivity index (χ2v) is 9.03. The summed E-state index contributed by atoms with van der Waals surface area (Å²) in [6, 6.07) is 7.49. The molecule has 0 amide bonds. The van der Waals surface area contributed by atoms with Crippen LogP contribution in [0.1, 0.15) is 25.7 Å². The molecule has 0 bridgehead atoms. The number of hydrogen-bond acceptors (Lipinski definition) is 5. The number of benzene rings is 1. The average Bonchev–Trinajstić information content (AvgIpc) is 2.61. The zero-order valence-corrected chi connectivity index (χ0v) is 17.7. The van der Waals surface area contributed by atoms with Crippen LogP contribution in [0.15, 0.2) is 29.2 Å². The fourth-order valence-corrected chi connectivity index (χ4v) is 4.35. The molecule has 0 unspecified atom stereocenters. The predicted octanol–water partition coefficient (Wildman–Crippen LogP) is 2.78. The quantitative estimate of drug-likeness (QED) is 0.786. The highest BCUT2D eigenvalue weighted by atomic mass is 35.5. The molecular formula is C18H30Cl2N2O3S. The molecule has 0 spiro atoms. The van der Waals surface area contributed by atoms with E-state index in [1.165, 1.54) is 45.0 Å². The molecule has 1 aliphatic heterocycles. The molecule has 1 saturated heterocycles. The summed E-state index contributed by atoms with van der Waals surface area (Å²) in [4.78, 5) is 2.98. The Hall–Kier alpha value is -0.530. The second-order valence-electron chi connectivity index (χ2n) is 7.02. The molecule has 1 aromatic carbocycles. The number of piperazine rings is 1. The van der Waals surface area contributed by atoms with E-state index in [-0.39, 0.29) is 24.8 Å². The summed E-state index contributed by atoms with van der Waals surface area (Å²) in [6.45, 7) is 5.32. The van der Waals surface area contributed by atoms with Crippen molar-refractivity contribution < 1.29 is 13.2 Å². The third-order valence-electron chi connectivity index (χ3n) is 5.22. The fourth-order valence-electron chi connectivity index (χ4n) is 3.72. The Morgan fingerprint density at radius 3 is 2.15 bits per heavy atom. The Kier molecular flexibility index (Phi) is 9.69. The van der Waals surface area contributed by atoms with Gasteiger partial charge in [-0.15, -0.1) is 24.8 Å². The van der Waals surface area contributed by atoms with E-state index in [2.05, 4.69) is 10.2 Å². The van der Waals surface area contributed by atoms with Gasteiger partial charge in [-0.3, -0.25) is 4.90 Å². The molecule has 0 atom stereocenters. The minimum absolute atomic E-state index is 0. The molecule has 1 heterocycles. The highest BCUT2D eigenvalue weighted by molar-refractivity contribution is 7.90. The summed E-state index contributed by atoms with van der Waals surface area (Å²) < 4.78 is 28.8. The molecule has 1 N–H and O–H groups in total. The van der Waals surface area contributed by atoms with Crippen LogP contribution in [0.25, 0.3) is 0 Å². The summed E-state index contributed by atoms with van der Waals surface area (Å²) in [5, 5.41) is 3.41. The van der Waals surface area contributed by atoms with E-state index < -0.39 is 9.84 Å². The number of halogens is 2. The first-order chi connectivity index (χ1) is 11.5. The highest BCUT2D eigenvalue weighted by Crippen LogP contribution is 2.28. The minimum atomic E-state index is -3.14. The van der Waals surface area contributed by atoms with Gasteiger partial charge in [0.05, 0.1) is 11.5 Å². The first-order valence-corrected chi connectivity index (χ1v) is 10.8. The van der Waals surface area contributed by atoms with Gasteiger partial charge in [0.15, 0.2) is 9.84 Å². The van der Waals surface area contributed by atoms with E-state index in [4.69, 9.17) is 4.74 Å². The molecule has 150 valence electrons. The van der Waals surface area contributed by atoms with Crippen molar-refractivity contribution in [2.45, 2.75) is 36.6 Å². The molecule has 2 aliphatic rings. The molecule has 26 heavy (non-hydrogen) atoms. The van der Waals surface area contributed by atoms with Gasteiger partial charge < -0.3 is 10.1 Å². The summed E-state index contributed by atoms with van der Waals surface area (Å²) in [5.41, 5.74) is 0. The normalized spacial score (nSPS) is 24.2. The van der Waals surface area contributed by atoms with Crippen molar-refractivity contribution in [1.82, 2.24) is 10.2 Å². The Balaban J connectivity index is 0.00000169. The van der Waals surface area contributed by atoms with E-state index >= 15 is 0 Å². The van der Waals surface area contributed by atoms with Gasteiger partial charge in [0.1, 0.15) is 5.75 Å². The Morgan fingerprint density at radius 1 is 1.04 bits per heavy atom. The van der Waals surface area contributed by atoms with Crippen molar-refractivity contribution in [3.63, 3.8) is 0 Å². The van der Waals surface area contributed by atoms with Gasteiger partial charge in [0, 0.05) is 38.5 Å². The predicted molar refractivity (Wildman–Crippen MR) is 110 cm³/mol. The molecule has 1 aliphatic carbocycles. The van der Waals surface area contributed by atoms with Gasteiger partial charge >= 0.3 is 0 Å². The molecular weight excluding hydrogens is 395 g/mol. The van der Waals surface area contributed by atoms with Crippen LogP contribution in [0, 0.1) is 5.92 Å². The van der Waals surface area contributed by atoms with Crippen LogP contribution < -0.4 is 10.1 Å². The van der Waals surface area contributed by atoms with Crippen molar-refractivity contribution in [3.8, 4) is 5.75 Å². The fraction of sp³-hybridized carbons (Fsp3) is 0.667. The average molecular weight is 425 g/mol. The first-order valence-electron chi connectivity index (χ1n) is 8.90. The van der Waals surface area contributed by atoms with Crippen LogP contribution in [0.3, 0.4) is 0 Å². The van der Waals surface area contributed by atoms with Crippen LogP contribution >= 0.6 is 24.8 Å². The van der Waals surface area contributed by atoms with Gasteiger partial charge in [-0.1, -0.05) is 0 Å². The van der Waals surface area contributed by atoms with Crippen LogP contribution in [-0.4, -0.2) is 58.4 Å². The zero-order chi connectivity index (χ0) is 17.0. The monoisotopic (exact) mass is 424 g/mol. The molecule has 1 saturated carbocycles. The lowest BCUT2D eigenvalue weighted by atomic mass is 9.85. The van der Waals surface area contributed by atoms with E-state index in [9.17, 15) is 8.42 Å². The lowest BCUT2D eigenvalue weighted by Gasteiger charge is -2.39. The third-order valence-corrected chi connectivity index (χ3v) is 6.35. The highest BCUT2D eigenvalue weighted by Gasteiger charge is 2.26. The Morgan fingerprint density at radius 2 is 1.62 bits per heavy atom. The smallest absolute Gasteiger partial charge is 0.175 e. The number of nitrogens with one attached hydrogen (secondary N) is 1. The molecule has 5 nitrogen and oxygen atoms in total. The molecule has 2 fully saturated rings.